The number of furan rings is 1. The molecular formula is C21H24N2O3. The molecule has 2 amide bonds. The second-order valence-electron chi connectivity index (χ2n) is 7.44. The molecule has 0 radical (unpaired) electrons. The van der Waals surface area contributed by atoms with Crippen LogP contribution in [0.4, 0.5) is 0 Å². The Bertz CT molecular complexity index is 758. The molecule has 4 rings (SSSR count). The summed E-state index contributed by atoms with van der Waals surface area (Å²) in [5, 5.41) is 3.17. The summed E-state index contributed by atoms with van der Waals surface area (Å²) in [7, 11) is 0. The second-order valence-corrected chi connectivity index (χ2v) is 7.44. The average Bonchev–Trinajstić information content (AvgIpc) is 3.29. The van der Waals surface area contributed by atoms with Crippen LogP contribution in [0.25, 0.3) is 0 Å². The lowest BCUT2D eigenvalue weighted by molar-refractivity contribution is -0.126. The summed E-state index contributed by atoms with van der Waals surface area (Å²) in [5.41, 5.74) is 2.03. The van der Waals surface area contributed by atoms with Crippen molar-refractivity contribution in [1.29, 1.82) is 0 Å². The van der Waals surface area contributed by atoms with Gasteiger partial charge in [0.05, 0.1) is 11.8 Å². The molecule has 0 bridgehead atoms. The van der Waals surface area contributed by atoms with E-state index in [2.05, 4.69) is 29.6 Å². The van der Waals surface area contributed by atoms with E-state index >= 15 is 0 Å². The number of likely N-dealkylation sites (tertiary alicyclic amines) is 1. The molecule has 5 heteroatoms. The van der Waals surface area contributed by atoms with Gasteiger partial charge >= 0.3 is 0 Å². The molecule has 136 valence electrons. The Morgan fingerprint density at radius 3 is 2.46 bits per heavy atom. The minimum absolute atomic E-state index is 0.00465. The lowest BCUT2D eigenvalue weighted by Gasteiger charge is -2.31. The molecule has 2 fully saturated rings. The van der Waals surface area contributed by atoms with Crippen LogP contribution in [0.15, 0.2) is 53.3 Å². The summed E-state index contributed by atoms with van der Waals surface area (Å²) in [6.45, 7) is 1.95. The molecule has 0 atom stereocenters. The first-order valence-electron chi connectivity index (χ1n) is 9.33. The third-order valence-electron chi connectivity index (χ3n) is 5.76. The van der Waals surface area contributed by atoms with Crippen LogP contribution in [0.5, 0.6) is 0 Å². The Morgan fingerprint density at radius 2 is 1.85 bits per heavy atom. The maximum Gasteiger partial charge on any atom is 0.257 e. The summed E-state index contributed by atoms with van der Waals surface area (Å²) in [4.78, 5) is 26.7. The summed E-state index contributed by atoms with van der Waals surface area (Å²) >= 11 is 0. The van der Waals surface area contributed by atoms with Crippen LogP contribution in [-0.4, -0.2) is 36.3 Å². The highest BCUT2D eigenvalue weighted by atomic mass is 16.3. The van der Waals surface area contributed by atoms with Crippen molar-refractivity contribution in [3.63, 3.8) is 0 Å². The first kappa shape index (κ1) is 16.9. The Balaban J connectivity index is 1.27. The van der Waals surface area contributed by atoms with Crippen molar-refractivity contribution in [3.05, 3.63) is 60.1 Å². The molecule has 26 heavy (non-hydrogen) atoms. The van der Waals surface area contributed by atoms with E-state index in [-0.39, 0.29) is 23.1 Å². The Morgan fingerprint density at radius 1 is 1.12 bits per heavy atom. The molecule has 1 N–H and O–H groups in total. The number of piperidine rings is 1. The van der Waals surface area contributed by atoms with Crippen molar-refractivity contribution < 1.29 is 14.0 Å². The Kier molecular flexibility index (Phi) is 4.53. The minimum Gasteiger partial charge on any atom is -0.472 e. The van der Waals surface area contributed by atoms with Crippen molar-refractivity contribution >= 4 is 11.8 Å². The van der Waals surface area contributed by atoms with Gasteiger partial charge in [-0.25, -0.2) is 0 Å². The first-order chi connectivity index (χ1) is 12.7. The molecule has 1 aliphatic carbocycles. The lowest BCUT2D eigenvalue weighted by atomic mass is 9.93. The zero-order valence-corrected chi connectivity index (χ0v) is 14.8. The summed E-state index contributed by atoms with van der Waals surface area (Å²) in [6, 6.07) is 12.1. The number of carbonyl (C=O) groups is 2. The van der Waals surface area contributed by atoms with Crippen LogP contribution >= 0.6 is 0 Å². The molecular weight excluding hydrogens is 328 g/mol. The number of amides is 2. The SMILES string of the molecule is O=C(NCC1(c2ccccc2)CC1)C1CCN(C(=O)c2ccoc2)CC1. The summed E-state index contributed by atoms with van der Waals surface area (Å²) in [6.07, 6.45) is 6.68. The number of nitrogens with zero attached hydrogens (tertiary/aromatic N) is 1. The van der Waals surface area contributed by atoms with Crippen molar-refractivity contribution in [2.24, 2.45) is 5.92 Å². The highest BCUT2D eigenvalue weighted by molar-refractivity contribution is 5.94. The van der Waals surface area contributed by atoms with Gasteiger partial charge in [0, 0.05) is 31.0 Å². The highest BCUT2D eigenvalue weighted by Gasteiger charge is 2.44. The van der Waals surface area contributed by atoms with Gasteiger partial charge in [-0.15, -0.1) is 0 Å². The van der Waals surface area contributed by atoms with Crippen molar-refractivity contribution in [2.45, 2.75) is 31.1 Å². The number of carbonyl (C=O) groups excluding carboxylic acids is 2. The molecule has 1 aliphatic heterocycles. The average molecular weight is 352 g/mol. The van der Waals surface area contributed by atoms with Crippen LogP contribution in [0, 0.1) is 5.92 Å². The molecule has 2 aromatic rings. The van der Waals surface area contributed by atoms with Gasteiger partial charge in [-0.3, -0.25) is 9.59 Å². The number of hydrogen-bond donors (Lipinski definition) is 1. The van der Waals surface area contributed by atoms with Gasteiger partial charge in [-0.2, -0.15) is 0 Å². The maximum atomic E-state index is 12.6. The summed E-state index contributed by atoms with van der Waals surface area (Å²) in [5.74, 6) is 0.108. The number of rotatable bonds is 5. The first-order valence-corrected chi connectivity index (χ1v) is 9.33. The van der Waals surface area contributed by atoms with E-state index in [9.17, 15) is 9.59 Å². The van der Waals surface area contributed by atoms with Crippen LogP contribution in [-0.2, 0) is 10.2 Å². The van der Waals surface area contributed by atoms with Gasteiger partial charge in [0.25, 0.3) is 5.91 Å². The fourth-order valence-electron chi connectivity index (χ4n) is 3.82. The standard InChI is InChI=1S/C21H24N2O3/c24-19(22-15-21(9-10-21)18-4-2-1-3-5-18)16-6-11-23(12-7-16)20(25)17-8-13-26-14-17/h1-5,8,13-14,16H,6-7,9-12,15H2,(H,22,24). The quantitative estimate of drug-likeness (QED) is 0.900. The van der Waals surface area contributed by atoms with Crippen molar-refractivity contribution in [3.8, 4) is 0 Å². The third kappa shape index (κ3) is 3.39. The van der Waals surface area contributed by atoms with Crippen LogP contribution < -0.4 is 5.32 Å². The predicted molar refractivity (Wildman–Crippen MR) is 97.7 cm³/mol. The zero-order valence-electron chi connectivity index (χ0n) is 14.8. The van der Waals surface area contributed by atoms with Gasteiger partial charge in [-0.1, -0.05) is 30.3 Å². The van der Waals surface area contributed by atoms with Gasteiger partial charge in [0.1, 0.15) is 6.26 Å². The zero-order chi connectivity index (χ0) is 18.0. The maximum absolute atomic E-state index is 12.6. The summed E-state index contributed by atoms with van der Waals surface area (Å²) < 4.78 is 4.98. The Hall–Kier alpha value is -2.56. The van der Waals surface area contributed by atoms with E-state index in [1.807, 2.05) is 6.07 Å². The smallest absolute Gasteiger partial charge is 0.257 e. The molecule has 2 heterocycles. The molecule has 2 aliphatic rings. The van der Waals surface area contributed by atoms with Crippen molar-refractivity contribution in [2.75, 3.05) is 19.6 Å². The molecule has 1 aromatic carbocycles. The normalized spacial score (nSPS) is 19.2. The monoisotopic (exact) mass is 352 g/mol. The topological polar surface area (TPSA) is 62.6 Å². The third-order valence-corrected chi connectivity index (χ3v) is 5.76. The number of benzene rings is 1. The van der Waals surface area contributed by atoms with E-state index < -0.39 is 0 Å². The fourth-order valence-corrected chi connectivity index (χ4v) is 3.82. The molecule has 1 saturated carbocycles. The molecule has 5 nitrogen and oxygen atoms in total. The van der Waals surface area contributed by atoms with E-state index in [1.165, 1.54) is 18.1 Å². The van der Waals surface area contributed by atoms with E-state index in [0.29, 0.717) is 38.0 Å². The predicted octanol–water partition coefficient (Wildman–Crippen LogP) is 2.98. The van der Waals surface area contributed by atoms with Gasteiger partial charge in [0.2, 0.25) is 5.91 Å². The van der Waals surface area contributed by atoms with Crippen LogP contribution in [0.2, 0.25) is 0 Å². The Labute approximate surface area is 153 Å². The molecule has 1 saturated heterocycles. The van der Waals surface area contributed by atoms with E-state index in [1.54, 1.807) is 11.0 Å². The molecule has 0 spiro atoms. The second kappa shape index (κ2) is 6.98. The van der Waals surface area contributed by atoms with Crippen molar-refractivity contribution in [1.82, 2.24) is 10.2 Å². The molecule has 1 aromatic heterocycles. The van der Waals surface area contributed by atoms with E-state index in [4.69, 9.17) is 4.42 Å². The number of hydrogen-bond acceptors (Lipinski definition) is 3. The van der Waals surface area contributed by atoms with Gasteiger partial charge in [-0.05, 0) is 37.3 Å². The minimum atomic E-state index is -0.0152. The largest absolute Gasteiger partial charge is 0.472 e. The van der Waals surface area contributed by atoms with Gasteiger partial charge < -0.3 is 14.6 Å². The van der Waals surface area contributed by atoms with Crippen LogP contribution in [0.3, 0.4) is 0 Å². The lowest BCUT2D eigenvalue weighted by Crippen LogP contribution is -2.44. The van der Waals surface area contributed by atoms with Crippen LogP contribution in [0.1, 0.15) is 41.6 Å². The van der Waals surface area contributed by atoms with E-state index in [0.717, 1.165) is 12.8 Å². The fraction of sp³-hybridized carbons (Fsp3) is 0.429. The van der Waals surface area contributed by atoms with Gasteiger partial charge in [0.15, 0.2) is 0 Å². The number of nitrogens with one attached hydrogen (secondary N) is 1. The molecule has 0 unspecified atom stereocenters. The highest BCUT2D eigenvalue weighted by Crippen LogP contribution is 2.47.